The third-order valence-electron chi connectivity index (χ3n) is 3.30. The minimum atomic E-state index is -0.627. The molecule has 4 heteroatoms. The highest BCUT2D eigenvalue weighted by Crippen LogP contribution is 2.28. The van der Waals surface area contributed by atoms with Gasteiger partial charge in [0.1, 0.15) is 5.54 Å². The summed E-state index contributed by atoms with van der Waals surface area (Å²) in [6.45, 7) is 2.79. The molecule has 0 bridgehead atoms. The van der Waals surface area contributed by atoms with Crippen LogP contribution in [0.1, 0.15) is 18.9 Å². The van der Waals surface area contributed by atoms with Crippen molar-refractivity contribution in [3.63, 3.8) is 0 Å². The van der Waals surface area contributed by atoms with Gasteiger partial charge in [-0.3, -0.25) is 5.32 Å². The summed E-state index contributed by atoms with van der Waals surface area (Å²) in [5.41, 5.74) is 0.397. The van der Waals surface area contributed by atoms with Crippen LogP contribution >= 0.6 is 11.8 Å². The van der Waals surface area contributed by atoms with Crippen LogP contribution in [-0.2, 0) is 5.54 Å². The Labute approximate surface area is 130 Å². The first-order valence-electron chi connectivity index (χ1n) is 7.06. The van der Waals surface area contributed by atoms with Gasteiger partial charge in [-0.05, 0) is 30.7 Å². The first kappa shape index (κ1) is 15.6. The van der Waals surface area contributed by atoms with Crippen LogP contribution in [0.15, 0.2) is 59.8 Å². The number of nitrogens with one attached hydrogen (secondary N) is 1. The maximum absolute atomic E-state index is 9.72. The average Bonchev–Trinajstić information content (AvgIpc) is 2.56. The van der Waals surface area contributed by atoms with Crippen LogP contribution in [0.4, 0.5) is 0 Å². The van der Waals surface area contributed by atoms with Gasteiger partial charge in [-0.15, -0.1) is 11.8 Å². The quantitative estimate of drug-likeness (QED) is 0.793. The SMILES string of the molecule is CCNC(C#N)(CCSc1ccccn1)c1ccccc1. The van der Waals surface area contributed by atoms with Crippen molar-refractivity contribution in [1.29, 1.82) is 5.26 Å². The molecule has 0 saturated carbocycles. The van der Waals surface area contributed by atoms with Crippen LogP contribution in [0.2, 0.25) is 0 Å². The highest BCUT2D eigenvalue weighted by molar-refractivity contribution is 7.99. The molecule has 0 saturated heterocycles. The predicted molar refractivity (Wildman–Crippen MR) is 87.0 cm³/mol. The molecule has 0 aliphatic rings. The molecule has 1 unspecified atom stereocenters. The Bertz CT molecular complexity index is 580. The van der Waals surface area contributed by atoms with Gasteiger partial charge in [-0.2, -0.15) is 5.26 Å². The van der Waals surface area contributed by atoms with Crippen LogP contribution in [-0.4, -0.2) is 17.3 Å². The van der Waals surface area contributed by atoms with Gasteiger partial charge in [-0.1, -0.05) is 43.3 Å². The van der Waals surface area contributed by atoms with Gasteiger partial charge >= 0.3 is 0 Å². The number of nitriles is 1. The van der Waals surface area contributed by atoms with Gasteiger partial charge < -0.3 is 0 Å². The van der Waals surface area contributed by atoms with Gasteiger partial charge in [0, 0.05) is 11.9 Å². The van der Waals surface area contributed by atoms with Crippen molar-refractivity contribution < 1.29 is 0 Å². The third-order valence-corrected chi connectivity index (χ3v) is 4.25. The standard InChI is InChI=1S/C17H19N3S/c1-2-20-17(14-18,15-8-4-3-5-9-15)11-13-21-16-10-6-7-12-19-16/h3-10,12,20H,2,11,13H2,1H3. The fourth-order valence-corrected chi connectivity index (χ4v) is 3.19. The van der Waals surface area contributed by atoms with E-state index in [4.69, 9.17) is 0 Å². The Morgan fingerprint density at radius 1 is 1.19 bits per heavy atom. The van der Waals surface area contributed by atoms with E-state index < -0.39 is 5.54 Å². The second-order valence-electron chi connectivity index (χ2n) is 4.68. The van der Waals surface area contributed by atoms with Crippen molar-refractivity contribution in [2.24, 2.45) is 0 Å². The molecule has 1 N–H and O–H groups in total. The highest BCUT2D eigenvalue weighted by Gasteiger charge is 2.30. The lowest BCUT2D eigenvalue weighted by Gasteiger charge is -2.28. The summed E-state index contributed by atoms with van der Waals surface area (Å²) in [7, 11) is 0. The number of hydrogen-bond acceptors (Lipinski definition) is 4. The van der Waals surface area contributed by atoms with Crippen LogP contribution in [0.3, 0.4) is 0 Å². The van der Waals surface area contributed by atoms with E-state index in [-0.39, 0.29) is 0 Å². The number of benzene rings is 1. The van der Waals surface area contributed by atoms with E-state index in [1.165, 1.54) is 0 Å². The number of nitrogens with zero attached hydrogens (tertiary/aromatic N) is 2. The van der Waals surface area contributed by atoms with E-state index in [9.17, 15) is 5.26 Å². The summed E-state index contributed by atoms with van der Waals surface area (Å²) in [4.78, 5) is 4.30. The number of aromatic nitrogens is 1. The van der Waals surface area contributed by atoms with Crippen molar-refractivity contribution in [3.8, 4) is 6.07 Å². The Balaban J connectivity index is 2.09. The lowest BCUT2D eigenvalue weighted by molar-refractivity contribution is 0.428. The minimum Gasteiger partial charge on any atom is -0.296 e. The lowest BCUT2D eigenvalue weighted by atomic mass is 9.88. The summed E-state index contributed by atoms with van der Waals surface area (Å²) < 4.78 is 0. The monoisotopic (exact) mass is 297 g/mol. The van der Waals surface area contributed by atoms with Crippen LogP contribution in [0, 0.1) is 11.3 Å². The molecule has 3 nitrogen and oxygen atoms in total. The smallest absolute Gasteiger partial charge is 0.133 e. The normalized spacial score (nSPS) is 13.3. The van der Waals surface area contributed by atoms with E-state index in [2.05, 4.69) is 16.4 Å². The molecule has 108 valence electrons. The van der Waals surface area contributed by atoms with Gasteiger partial charge in [0.2, 0.25) is 0 Å². The summed E-state index contributed by atoms with van der Waals surface area (Å²) >= 11 is 1.68. The molecular formula is C17H19N3S. The van der Waals surface area contributed by atoms with Crippen LogP contribution in [0.25, 0.3) is 0 Å². The van der Waals surface area contributed by atoms with E-state index >= 15 is 0 Å². The fourth-order valence-electron chi connectivity index (χ4n) is 2.26. The second kappa shape index (κ2) is 7.82. The number of thioether (sulfide) groups is 1. The Hall–Kier alpha value is -1.83. The van der Waals surface area contributed by atoms with Gasteiger partial charge in [-0.25, -0.2) is 4.98 Å². The average molecular weight is 297 g/mol. The molecule has 1 aromatic heterocycles. The number of pyridine rings is 1. The first-order chi connectivity index (χ1) is 10.3. The van der Waals surface area contributed by atoms with Crippen molar-refractivity contribution in [3.05, 3.63) is 60.3 Å². The van der Waals surface area contributed by atoms with Crippen molar-refractivity contribution in [1.82, 2.24) is 10.3 Å². The van der Waals surface area contributed by atoms with Crippen molar-refractivity contribution in [2.45, 2.75) is 23.9 Å². The zero-order chi connectivity index (χ0) is 15.0. The summed E-state index contributed by atoms with van der Waals surface area (Å²) in [5, 5.41) is 14.1. The topological polar surface area (TPSA) is 48.7 Å². The highest BCUT2D eigenvalue weighted by atomic mass is 32.2. The van der Waals surface area contributed by atoms with Crippen LogP contribution in [0.5, 0.6) is 0 Å². The summed E-state index contributed by atoms with van der Waals surface area (Å²) in [6.07, 6.45) is 2.53. The first-order valence-corrected chi connectivity index (χ1v) is 8.05. The molecule has 1 atom stereocenters. The molecule has 1 heterocycles. The van der Waals surface area contributed by atoms with Crippen molar-refractivity contribution >= 4 is 11.8 Å². The van der Waals surface area contributed by atoms with Gasteiger partial charge in [0.15, 0.2) is 0 Å². The molecule has 0 fully saturated rings. The summed E-state index contributed by atoms with van der Waals surface area (Å²) in [5.74, 6) is 0.840. The van der Waals surface area contributed by atoms with E-state index in [1.54, 1.807) is 18.0 Å². The molecular weight excluding hydrogens is 278 g/mol. The Morgan fingerprint density at radius 3 is 2.57 bits per heavy atom. The molecule has 0 aliphatic carbocycles. The van der Waals surface area contributed by atoms with Gasteiger partial charge in [0.05, 0.1) is 11.1 Å². The maximum atomic E-state index is 9.72. The summed E-state index contributed by atoms with van der Waals surface area (Å²) in [6, 6.07) is 18.3. The molecule has 2 aromatic rings. The predicted octanol–water partition coefficient (Wildman–Crippen LogP) is 3.59. The lowest BCUT2D eigenvalue weighted by Crippen LogP contribution is -2.41. The zero-order valence-corrected chi connectivity index (χ0v) is 12.9. The molecule has 2 rings (SSSR count). The molecule has 0 spiro atoms. The molecule has 0 radical (unpaired) electrons. The van der Waals surface area contributed by atoms with Crippen molar-refractivity contribution in [2.75, 3.05) is 12.3 Å². The molecule has 0 amide bonds. The molecule has 21 heavy (non-hydrogen) atoms. The minimum absolute atomic E-state index is 0.627. The third kappa shape index (κ3) is 4.07. The van der Waals surface area contributed by atoms with E-state index in [1.807, 2.05) is 55.5 Å². The van der Waals surface area contributed by atoms with E-state index in [0.29, 0.717) is 0 Å². The number of hydrogen-bond donors (Lipinski definition) is 1. The largest absolute Gasteiger partial charge is 0.296 e. The zero-order valence-electron chi connectivity index (χ0n) is 12.1. The molecule has 0 aliphatic heterocycles. The second-order valence-corrected chi connectivity index (χ2v) is 5.80. The maximum Gasteiger partial charge on any atom is 0.133 e. The Morgan fingerprint density at radius 2 is 1.95 bits per heavy atom. The van der Waals surface area contributed by atoms with Gasteiger partial charge in [0.25, 0.3) is 0 Å². The Kier molecular flexibility index (Phi) is 5.79. The van der Waals surface area contributed by atoms with Crippen LogP contribution < -0.4 is 5.32 Å². The van der Waals surface area contributed by atoms with E-state index in [0.717, 1.165) is 29.3 Å². The number of rotatable bonds is 7. The fraction of sp³-hybridized carbons (Fsp3) is 0.294. The molecule has 1 aromatic carbocycles.